The Morgan fingerprint density at radius 3 is 2.14 bits per heavy atom. The minimum Gasteiger partial charge on any atom is -0.393 e. The average Bonchev–Trinajstić information content (AvgIpc) is 1.27. The van der Waals surface area contributed by atoms with Crippen LogP contribution in [0.3, 0.4) is 0 Å². The lowest BCUT2D eigenvalue weighted by molar-refractivity contribution is 0.798. The van der Waals surface area contributed by atoms with Gasteiger partial charge in [0.25, 0.3) is 0 Å². The second kappa shape index (κ2) is 2.97. The molecule has 0 aromatic carbocycles. The number of nitrogens with two attached hydrogens (primary N) is 1. The van der Waals surface area contributed by atoms with Crippen molar-refractivity contribution in [2.75, 3.05) is 0 Å². The Morgan fingerprint density at radius 1 is 1.71 bits per heavy atom. The van der Waals surface area contributed by atoms with Crippen LogP contribution in [0.25, 0.3) is 0 Å². The third-order valence-corrected chi connectivity index (χ3v) is 0.634. The third-order valence-electron chi connectivity index (χ3n) is 0.498. The molecule has 0 atom stereocenters. The molecule has 0 fully saturated rings. The van der Waals surface area contributed by atoms with Crippen molar-refractivity contribution in [2.45, 2.75) is 13.8 Å². The molecule has 0 saturated heterocycles. The Labute approximate surface area is 49.9 Å². The van der Waals surface area contributed by atoms with Gasteiger partial charge in [-0.15, -0.1) is 0 Å². The molecule has 0 aliphatic rings. The number of thiocarbonyl (C=S) groups is 1. The van der Waals surface area contributed by atoms with Crippen molar-refractivity contribution in [2.24, 2.45) is 11.7 Å². The van der Waals surface area contributed by atoms with Gasteiger partial charge in [0.1, 0.15) is 0 Å². The van der Waals surface area contributed by atoms with Gasteiger partial charge in [-0.1, -0.05) is 26.1 Å². The van der Waals surface area contributed by atoms with Gasteiger partial charge in [0.15, 0.2) is 0 Å². The van der Waals surface area contributed by atoms with Crippen molar-refractivity contribution in [1.82, 2.24) is 0 Å². The van der Waals surface area contributed by atoms with E-state index < -0.39 is 0 Å². The summed E-state index contributed by atoms with van der Waals surface area (Å²) in [6.07, 6.45) is 1.84. The van der Waals surface area contributed by atoms with Crippen molar-refractivity contribution in [1.29, 1.82) is 0 Å². The van der Waals surface area contributed by atoms with E-state index in [-0.39, 0.29) is 0 Å². The summed E-state index contributed by atoms with van der Waals surface area (Å²) in [6, 6.07) is 0. The van der Waals surface area contributed by atoms with E-state index in [1.165, 1.54) is 0 Å². The molecule has 0 aromatic rings. The summed E-state index contributed by atoms with van der Waals surface area (Å²) in [5.41, 5.74) is 5.17. The topological polar surface area (TPSA) is 26.0 Å². The van der Waals surface area contributed by atoms with Crippen LogP contribution < -0.4 is 5.73 Å². The molecule has 0 spiro atoms. The molecule has 0 unspecified atom stereocenters. The van der Waals surface area contributed by atoms with Crippen molar-refractivity contribution in [3.63, 3.8) is 0 Å². The highest BCUT2D eigenvalue weighted by atomic mass is 32.1. The van der Waals surface area contributed by atoms with Crippen LogP contribution in [0.4, 0.5) is 0 Å². The van der Waals surface area contributed by atoms with Gasteiger partial charge >= 0.3 is 0 Å². The monoisotopic (exact) mass is 116 g/mol. The molecule has 1 nitrogen and oxygen atoms in total. The lowest BCUT2D eigenvalue weighted by Crippen LogP contribution is -2.11. The van der Waals surface area contributed by atoms with Crippen LogP contribution in [0.15, 0.2) is 0 Å². The maximum atomic E-state index is 5.17. The van der Waals surface area contributed by atoms with Crippen LogP contribution in [0.2, 0.25) is 0 Å². The lowest BCUT2D eigenvalue weighted by atomic mass is 10.1. The zero-order valence-corrected chi connectivity index (χ0v) is 5.46. The molecule has 0 rings (SSSR count). The molecule has 0 amide bonds. The van der Waals surface area contributed by atoms with E-state index in [0.717, 1.165) is 0 Å². The van der Waals surface area contributed by atoms with Gasteiger partial charge in [-0.05, 0) is 5.92 Å². The molecule has 1 radical (unpaired) electrons. The molecular weight excluding hydrogens is 106 g/mol. The standard InChI is InChI=1S/C5H10NS/c1-4(2)3-5(6)7/h3-4H,1-2H3,(H2,6,7). The zero-order chi connectivity index (χ0) is 5.86. The summed E-state index contributed by atoms with van der Waals surface area (Å²) in [5.74, 6) is 0.484. The summed E-state index contributed by atoms with van der Waals surface area (Å²) in [6.45, 7) is 4.08. The molecule has 0 aromatic heterocycles. The first-order valence-electron chi connectivity index (χ1n) is 2.27. The second-order valence-corrected chi connectivity index (χ2v) is 2.28. The first-order chi connectivity index (χ1) is 3.13. The van der Waals surface area contributed by atoms with Gasteiger partial charge in [-0.25, -0.2) is 0 Å². The molecule has 2 N–H and O–H groups in total. The SMILES string of the molecule is CC(C)[CH]C(N)=S. The van der Waals surface area contributed by atoms with Gasteiger partial charge in [-0.3, -0.25) is 0 Å². The molecule has 0 aliphatic heterocycles. The summed E-state index contributed by atoms with van der Waals surface area (Å²) >= 11 is 4.59. The van der Waals surface area contributed by atoms with E-state index in [1.54, 1.807) is 0 Å². The largest absolute Gasteiger partial charge is 0.393 e. The molecule has 0 aliphatic carbocycles. The van der Waals surface area contributed by atoms with E-state index in [9.17, 15) is 0 Å². The predicted molar refractivity (Wildman–Crippen MR) is 35.9 cm³/mol. The summed E-state index contributed by atoms with van der Waals surface area (Å²) in [7, 11) is 0. The molecule has 0 saturated carbocycles. The third kappa shape index (κ3) is 5.89. The maximum Gasteiger partial charge on any atom is 0.0768 e. The lowest BCUT2D eigenvalue weighted by Gasteiger charge is -1.97. The molecule has 2 heteroatoms. The van der Waals surface area contributed by atoms with E-state index in [4.69, 9.17) is 5.73 Å². The molecular formula is C5H10NS. The van der Waals surface area contributed by atoms with Crippen LogP contribution in [-0.4, -0.2) is 4.99 Å². The Bertz CT molecular complexity index is 68.5. The number of hydrogen-bond donors (Lipinski definition) is 1. The molecule has 0 heterocycles. The highest BCUT2D eigenvalue weighted by Crippen LogP contribution is 1.95. The highest BCUT2D eigenvalue weighted by molar-refractivity contribution is 7.80. The van der Waals surface area contributed by atoms with Crippen LogP contribution in [-0.2, 0) is 0 Å². The summed E-state index contributed by atoms with van der Waals surface area (Å²) < 4.78 is 0. The fourth-order valence-corrected chi connectivity index (χ4v) is 0.601. The van der Waals surface area contributed by atoms with Gasteiger partial charge in [-0.2, -0.15) is 0 Å². The first-order valence-corrected chi connectivity index (χ1v) is 2.68. The smallest absolute Gasteiger partial charge is 0.0768 e. The summed E-state index contributed by atoms with van der Waals surface area (Å²) in [5, 5.41) is 0. The second-order valence-electron chi connectivity index (χ2n) is 1.81. The fourth-order valence-electron chi connectivity index (χ4n) is 0.329. The van der Waals surface area contributed by atoms with E-state index >= 15 is 0 Å². The fraction of sp³-hybridized carbons (Fsp3) is 0.600. The Hall–Kier alpha value is -0.110. The molecule has 0 bridgehead atoms. The van der Waals surface area contributed by atoms with Crippen LogP contribution in [0.5, 0.6) is 0 Å². The van der Waals surface area contributed by atoms with Gasteiger partial charge in [0, 0.05) is 6.42 Å². The van der Waals surface area contributed by atoms with E-state index in [1.807, 2.05) is 20.3 Å². The zero-order valence-electron chi connectivity index (χ0n) is 4.64. The van der Waals surface area contributed by atoms with Gasteiger partial charge < -0.3 is 5.73 Å². The minimum atomic E-state index is 0.484. The highest BCUT2D eigenvalue weighted by Gasteiger charge is 1.93. The predicted octanol–water partition coefficient (Wildman–Crippen LogP) is 1.13. The van der Waals surface area contributed by atoms with Crippen molar-refractivity contribution in [3.8, 4) is 0 Å². The van der Waals surface area contributed by atoms with Gasteiger partial charge in [0.2, 0.25) is 0 Å². The Kier molecular flexibility index (Phi) is 2.92. The van der Waals surface area contributed by atoms with E-state index in [2.05, 4.69) is 12.2 Å². The quantitative estimate of drug-likeness (QED) is 0.547. The van der Waals surface area contributed by atoms with Crippen LogP contribution >= 0.6 is 12.2 Å². The summed E-state index contributed by atoms with van der Waals surface area (Å²) in [4.78, 5) is 0.495. The number of rotatable bonds is 2. The van der Waals surface area contributed by atoms with Crippen LogP contribution in [0.1, 0.15) is 13.8 Å². The van der Waals surface area contributed by atoms with Crippen LogP contribution in [0, 0.1) is 12.3 Å². The Morgan fingerprint density at radius 2 is 2.14 bits per heavy atom. The maximum absolute atomic E-state index is 5.17. The number of hydrogen-bond acceptors (Lipinski definition) is 1. The van der Waals surface area contributed by atoms with Crippen molar-refractivity contribution >= 4 is 17.2 Å². The van der Waals surface area contributed by atoms with Crippen molar-refractivity contribution in [3.05, 3.63) is 6.42 Å². The normalized spacial score (nSPS) is 9.57. The van der Waals surface area contributed by atoms with Gasteiger partial charge in [0.05, 0.1) is 4.99 Å². The molecule has 41 valence electrons. The Balaban J connectivity index is 3.13. The van der Waals surface area contributed by atoms with E-state index in [0.29, 0.717) is 10.9 Å². The first kappa shape index (κ1) is 6.89. The van der Waals surface area contributed by atoms with Crippen molar-refractivity contribution < 1.29 is 0 Å². The minimum absolute atomic E-state index is 0.484. The average molecular weight is 116 g/mol. The molecule has 7 heavy (non-hydrogen) atoms.